The summed E-state index contributed by atoms with van der Waals surface area (Å²) in [5.41, 5.74) is 16.3. The molecular weight excluding hydrogens is 1790 g/mol. The fraction of sp³-hybridized carbons (Fsp3) is 0.415. The number of fused-ring (bicyclic) bond motifs is 4. The summed E-state index contributed by atoms with van der Waals surface area (Å²) in [6.45, 7) is 63.6. The van der Waals surface area contributed by atoms with Crippen LogP contribution in [0.15, 0.2) is 206 Å². The Morgan fingerprint density at radius 3 is 0.537 bits per heavy atom. The number of para-hydroxylation sites is 8. The predicted octanol–water partition coefficient (Wildman–Crippen LogP) is 24.9. The van der Waals surface area contributed by atoms with E-state index in [0.717, 1.165) is 90.2 Å². The van der Waals surface area contributed by atoms with Crippen LogP contribution in [0.1, 0.15) is 254 Å². The molecule has 134 heavy (non-hydrogen) atoms. The first-order valence-electron chi connectivity index (χ1n) is 44.5. The van der Waals surface area contributed by atoms with E-state index in [9.17, 15) is 26.3 Å². The Hall–Kier alpha value is -10.3. The monoisotopic (exact) mass is 1920 g/mol. The van der Waals surface area contributed by atoms with E-state index in [1.165, 1.54) is 66.8 Å². The fourth-order valence-electron chi connectivity index (χ4n) is 14.4. The first kappa shape index (κ1) is 111. The number of imidazole rings is 4. The molecule has 0 aliphatic carbocycles. The minimum Gasteiger partial charge on any atom is -0.741 e. The summed E-state index contributed by atoms with van der Waals surface area (Å²) < 4.78 is 127. The SMILES string of the molecule is CC(C)(C)c1cc(Cn2c(-c3cccc(-c4nc5ccccc5n4Cc4cc(C(C)(C)C)cc(C(C)(C)C)c4)n3)nc3ccccc32)cc(C(C)(C)C)c1.CC(C)(C)c1cc(Cn2c(-c3cccc(-c4nc5ccccc5n4Cc4cc(C(C)(C)C)cc(C(C)(C)C)c4)n3)nc3ccccc32)cc(C(C)(C)C)c1.CCO.CCO.CCO.O=S(=O)([O-])C(F)(F)F.O=S(=O)([O-])C(F)(F)F.[Fe+2]. The van der Waals surface area contributed by atoms with Gasteiger partial charge in [0.25, 0.3) is 0 Å². The zero-order valence-electron chi connectivity index (χ0n) is 82.3. The predicted molar refractivity (Wildman–Crippen MR) is 525 cm³/mol. The van der Waals surface area contributed by atoms with Gasteiger partial charge in [0.2, 0.25) is 0 Å². The smallest absolute Gasteiger partial charge is 0.741 e. The number of aliphatic hydroxyl groups is 3. The maximum absolute atomic E-state index is 10.7. The van der Waals surface area contributed by atoms with Crippen LogP contribution in [0.25, 0.3) is 90.2 Å². The topological polar surface area (TPSA) is 272 Å². The van der Waals surface area contributed by atoms with Crippen molar-refractivity contribution < 1.29 is 84.7 Å². The van der Waals surface area contributed by atoms with Crippen LogP contribution in [0.5, 0.6) is 0 Å². The maximum atomic E-state index is 10.7. The molecule has 0 atom stereocenters. The van der Waals surface area contributed by atoms with Gasteiger partial charge >= 0.3 is 28.1 Å². The van der Waals surface area contributed by atoms with Crippen LogP contribution in [0.4, 0.5) is 26.3 Å². The molecule has 0 amide bonds. The van der Waals surface area contributed by atoms with Gasteiger partial charge in [-0.05, 0) is 204 Å². The van der Waals surface area contributed by atoms with Crippen molar-refractivity contribution in [3.8, 4) is 46.1 Å². The molecule has 0 spiro atoms. The van der Waals surface area contributed by atoms with Crippen molar-refractivity contribution >= 4 is 64.4 Å². The van der Waals surface area contributed by atoms with Crippen molar-refractivity contribution in [2.75, 3.05) is 19.8 Å². The van der Waals surface area contributed by atoms with E-state index in [1.54, 1.807) is 20.8 Å². The Kier molecular flexibility index (Phi) is 35.9. The van der Waals surface area contributed by atoms with Crippen molar-refractivity contribution in [2.24, 2.45) is 0 Å². The van der Waals surface area contributed by atoms with Crippen molar-refractivity contribution in [3.63, 3.8) is 0 Å². The van der Waals surface area contributed by atoms with Crippen LogP contribution in [0, 0.1) is 0 Å². The molecule has 8 aromatic carbocycles. The maximum Gasteiger partial charge on any atom is 2.00 e. The Morgan fingerprint density at radius 1 is 0.261 bits per heavy atom. The van der Waals surface area contributed by atoms with Gasteiger partial charge in [0.1, 0.15) is 22.8 Å². The Morgan fingerprint density at radius 2 is 0.403 bits per heavy atom. The van der Waals surface area contributed by atoms with E-state index in [4.69, 9.17) is 71.2 Å². The molecule has 28 heteroatoms. The van der Waals surface area contributed by atoms with Gasteiger partial charge in [-0.2, -0.15) is 26.3 Å². The number of aliphatic hydroxyl groups excluding tert-OH is 3. The summed E-state index contributed by atoms with van der Waals surface area (Å²) in [6.07, 6.45) is 0. The molecule has 0 saturated heterocycles. The summed E-state index contributed by atoms with van der Waals surface area (Å²) in [5, 5.41) is 22.7. The third-order valence-electron chi connectivity index (χ3n) is 21.9. The van der Waals surface area contributed by atoms with E-state index in [1.807, 2.05) is 0 Å². The van der Waals surface area contributed by atoms with Gasteiger partial charge in [-0.3, -0.25) is 0 Å². The normalized spacial score (nSPS) is 12.5. The second kappa shape index (κ2) is 43.4. The van der Waals surface area contributed by atoms with Gasteiger partial charge in [-0.15, -0.1) is 0 Å². The van der Waals surface area contributed by atoms with Crippen molar-refractivity contribution in [2.45, 2.75) is 267 Å². The molecule has 14 aromatic rings. The third kappa shape index (κ3) is 28.9. The number of aromatic nitrogens is 10. The number of rotatable bonds is 12. The van der Waals surface area contributed by atoms with Crippen LogP contribution < -0.4 is 0 Å². The van der Waals surface area contributed by atoms with Crippen LogP contribution in [0.3, 0.4) is 0 Å². The molecule has 0 aliphatic heterocycles. The van der Waals surface area contributed by atoms with E-state index in [0.29, 0.717) is 26.2 Å². The van der Waals surface area contributed by atoms with Gasteiger partial charge in [0.15, 0.2) is 43.5 Å². The molecule has 14 rings (SSSR count). The van der Waals surface area contributed by atoms with Crippen LogP contribution in [-0.2, 0) is 107 Å². The quantitative estimate of drug-likeness (QED) is 0.0444. The molecule has 6 aromatic heterocycles. The fourth-order valence-corrected chi connectivity index (χ4v) is 14.4. The van der Waals surface area contributed by atoms with E-state index >= 15 is 0 Å². The summed E-state index contributed by atoms with van der Waals surface area (Å²) in [6, 6.07) is 74.8. The molecule has 19 nitrogen and oxygen atoms in total. The number of hydrogen-bond donors (Lipinski definition) is 3. The van der Waals surface area contributed by atoms with Gasteiger partial charge in [-0.1, -0.05) is 300 Å². The zero-order chi connectivity index (χ0) is 99.7. The largest absolute Gasteiger partial charge is 2.00 e. The van der Waals surface area contributed by atoms with Crippen molar-refractivity contribution in [1.29, 1.82) is 0 Å². The second-order valence-electron chi connectivity index (χ2n) is 41.3. The summed E-state index contributed by atoms with van der Waals surface area (Å²) >= 11 is 0. The summed E-state index contributed by atoms with van der Waals surface area (Å²) in [7, 11) is -12.2. The molecular formula is C106H132F6FeN10O9S2. The average Bonchev–Trinajstić information content (AvgIpc) is 1.60. The molecule has 3 N–H and O–H groups in total. The van der Waals surface area contributed by atoms with E-state index in [-0.39, 0.29) is 80.2 Å². The molecule has 6 heterocycles. The molecule has 0 saturated carbocycles. The molecule has 0 fully saturated rings. The van der Waals surface area contributed by atoms with Gasteiger partial charge in [0, 0.05) is 46.0 Å². The molecule has 722 valence electrons. The van der Waals surface area contributed by atoms with Gasteiger partial charge < -0.3 is 42.7 Å². The molecule has 0 unspecified atom stereocenters. The van der Waals surface area contributed by atoms with Crippen molar-refractivity contribution in [3.05, 3.63) is 273 Å². The van der Waals surface area contributed by atoms with E-state index < -0.39 is 31.3 Å². The Bertz CT molecular complexity index is 5730. The number of benzene rings is 8. The van der Waals surface area contributed by atoms with Crippen LogP contribution >= 0.6 is 0 Å². The third-order valence-corrected chi connectivity index (χ3v) is 23.0. The standard InChI is InChI=1S/2C49H57N5.3C2H6O.2CHF3O3S.Fe/c2*1-46(2,3)34-24-32(25-35(28-34)47(4,5)6)30-53-42-22-15-13-18-38(42)51-44(53)40-20-17-21-41(50-40)45-52-39-19-14-16-23-43(39)54(45)31-33-26-36(48(7,8)9)29-37(27-33)49(10,11)12;3*1-2-3;2*2-1(3,4)8(5,6)7;/h2*13-29H,30-31H2,1-12H3;3*3H,2H2,1H3;2*(H,5,6,7);/q;;;;;;;+2/p-2. The number of halogens is 6. The average molecular weight is 1920 g/mol. The molecule has 0 aliphatic rings. The van der Waals surface area contributed by atoms with E-state index in [2.05, 4.69) is 391 Å². The molecule has 0 bridgehead atoms. The number of nitrogens with zero attached hydrogens (tertiary/aromatic N) is 10. The minimum atomic E-state index is -6.09. The second-order valence-corrected chi connectivity index (χ2v) is 44.0. The number of pyridine rings is 2. The summed E-state index contributed by atoms with van der Waals surface area (Å²) in [5.74, 6) is 3.41. The first-order valence-corrected chi connectivity index (χ1v) is 47.3. The first-order chi connectivity index (χ1) is 61.2. The van der Waals surface area contributed by atoms with Gasteiger partial charge in [-0.25, -0.2) is 46.7 Å². The van der Waals surface area contributed by atoms with Crippen LogP contribution in [0.2, 0.25) is 0 Å². The number of alkyl halides is 6. The molecule has 0 radical (unpaired) electrons. The van der Waals surface area contributed by atoms with Crippen molar-refractivity contribution in [1.82, 2.24) is 48.2 Å². The number of hydrogen-bond acceptors (Lipinski definition) is 15. The Balaban J connectivity index is 0.000000290. The van der Waals surface area contributed by atoms with Gasteiger partial charge in [0.05, 0.1) is 44.1 Å². The summed E-state index contributed by atoms with van der Waals surface area (Å²) in [4.78, 5) is 31.6. The minimum absolute atomic E-state index is 0. The Labute approximate surface area is 798 Å². The zero-order valence-corrected chi connectivity index (χ0v) is 85.0. The van der Waals surface area contributed by atoms with Crippen LogP contribution in [-0.4, -0.2) is 120 Å².